The van der Waals surface area contributed by atoms with E-state index in [0.29, 0.717) is 6.54 Å². The molecule has 0 aromatic heterocycles. The number of rotatable bonds is 4. The Morgan fingerprint density at radius 1 is 1.45 bits per heavy atom. The van der Waals surface area contributed by atoms with Gasteiger partial charge in [0.15, 0.2) is 0 Å². The van der Waals surface area contributed by atoms with Gasteiger partial charge < -0.3 is 14.4 Å². The highest BCUT2D eigenvalue weighted by molar-refractivity contribution is 7.71. The summed E-state index contributed by atoms with van der Waals surface area (Å²) in [6, 6.07) is 0. The third-order valence-electron chi connectivity index (χ3n) is 1.06. The van der Waals surface area contributed by atoms with Crippen LogP contribution in [0.4, 0.5) is 4.79 Å². The average Bonchev–Trinajstić information content (AvgIpc) is 2.03. The van der Waals surface area contributed by atoms with Crippen LogP contribution in [-0.2, 0) is 13.6 Å². The molecule has 0 bridgehead atoms. The molecule has 0 aliphatic rings. The Kier molecular flexibility index (Phi) is 4.33. The van der Waals surface area contributed by atoms with Gasteiger partial charge >= 0.3 is 13.2 Å². The fraction of sp³-hybridized carbons (Fsp3) is 0.800. The summed E-state index contributed by atoms with van der Waals surface area (Å²) in [4.78, 5) is 10.9. The second-order valence-electron chi connectivity index (χ2n) is 1.70. The van der Waals surface area contributed by atoms with Gasteiger partial charge in [-0.1, -0.05) is 0 Å². The van der Waals surface area contributed by atoms with Crippen molar-refractivity contribution in [2.24, 2.45) is 0 Å². The van der Waals surface area contributed by atoms with E-state index >= 15 is 0 Å². The van der Waals surface area contributed by atoms with Crippen molar-refractivity contribution >= 4 is 13.2 Å². The van der Waals surface area contributed by atoms with Crippen molar-refractivity contribution in [3.8, 4) is 0 Å². The molecule has 0 radical (unpaired) electrons. The molecule has 66 valence electrons. The molecule has 0 saturated heterocycles. The zero-order valence-corrected chi connectivity index (χ0v) is 7.68. The summed E-state index contributed by atoms with van der Waals surface area (Å²) in [5, 5.41) is 2.34. The van der Waals surface area contributed by atoms with Crippen LogP contribution in [0.3, 0.4) is 0 Å². The first-order valence-electron chi connectivity index (χ1n) is 3.10. The van der Waals surface area contributed by atoms with Crippen molar-refractivity contribution in [1.82, 2.24) is 5.32 Å². The van der Waals surface area contributed by atoms with Crippen LogP contribution in [0.2, 0.25) is 0 Å². The summed E-state index contributed by atoms with van der Waals surface area (Å²) < 4.78 is 20.0. The summed E-state index contributed by atoms with van der Waals surface area (Å²) >= 11 is 0. The van der Waals surface area contributed by atoms with Crippen molar-refractivity contribution in [3.63, 3.8) is 0 Å². The molecule has 0 aliphatic heterocycles. The first-order valence-corrected chi connectivity index (χ1v) is 4.65. The van der Waals surface area contributed by atoms with Gasteiger partial charge in [-0.25, -0.2) is 4.57 Å². The van der Waals surface area contributed by atoms with E-state index in [9.17, 15) is 9.36 Å². The number of hydrogen-bond donors (Lipinski definition) is 1. The molecule has 0 unspecified atom stereocenters. The smallest absolute Gasteiger partial charge is 0.346 e. The molecule has 0 aliphatic carbocycles. The second-order valence-corrected chi connectivity index (χ2v) is 3.83. The van der Waals surface area contributed by atoms with Gasteiger partial charge in [0.05, 0.1) is 0 Å². The van der Waals surface area contributed by atoms with Crippen molar-refractivity contribution in [3.05, 3.63) is 0 Å². The Bertz CT molecular complexity index is 173. The highest BCUT2D eigenvalue weighted by Gasteiger charge is 2.31. The quantitative estimate of drug-likeness (QED) is 0.662. The molecule has 0 saturated carbocycles. The molecular weight excluding hydrogens is 169 g/mol. The number of carbonyl (C=O) groups is 1. The summed E-state index contributed by atoms with van der Waals surface area (Å²) in [6.45, 7) is 2.11. The minimum absolute atomic E-state index is 0.398. The second kappa shape index (κ2) is 4.49. The largest absolute Gasteiger partial charge is 0.417 e. The molecule has 6 heteroatoms. The molecule has 0 aromatic rings. The molecule has 11 heavy (non-hydrogen) atoms. The van der Waals surface area contributed by atoms with E-state index in [1.54, 1.807) is 6.92 Å². The maximum atomic E-state index is 11.2. The van der Waals surface area contributed by atoms with E-state index in [4.69, 9.17) is 0 Å². The molecule has 0 aromatic carbocycles. The maximum Gasteiger partial charge on any atom is 0.417 e. The van der Waals surface area contributed by atoms with Gasteiger partial charge in [0.25, 0.3) is 0 Å². The van der Waals surface area contributed by atoms with Gasteiger partial charge in [-0.15, -0.1) is 0 Å². The predicted molar refractivity (Wildman–Crippen MR) is 40.7 cm³/mol. The van der Waals surface area contributed by atoms with Crippen molar-refractivity contribution in [1.29, 1.82) is 0 Å². The molecule has 0 spiro atoms. The molecule has 0 fully saturated rings. The molecule has 0 atom stereocenters. The summed E-state index contributed by atoms with van der Waals surface area (Å²) in [5.41, 5.74) is -0.704. The number of amides is 1. The molecule has 0 heterocycles. The minimum Gasteiger partial charge on any atom is -0.346 e. The van der Waals surface area contributed by atoms with Crippen LogP contribution in [0, 0.1) is 0 Å². The number of carbonyl (C=O) groups excluding carboxylic acids is 1. The van der Waals surface area contributed by atoms with E-state index in [2.05, 4.69) is 14.4 Å². The Morgan fingerprint density at radius 3 is 2.18 bits per heavy atom. The summed E-state index contributed by atoms with van der Waals surface area (Å²) in [5.74, 6) is 0. The SMILES string of the molecule is CCNC(=O)P(=O)(OC)OC. The lowest BCUT2D eigenvalue weighted by Gasteiger charge is -2.11. The molecule has 1 amide bonds. The Balaban J connectivity index is 4.26. The van der Waals surface area contributed by atoms with Crippen LogP contribution >= 0.6 is 7.60 Å². The van der Waals surface area contributed by atoms with E-state index in [-0.39, 0.29) is 0 Å². The zero-order chi connectivity index (χ0) is 8.91. The molecule has 0 rings (SSSR count). The van der Waals surface area contributed by atoms with Crippen LogP contribution in [0.25, 0.3) is 0 Å². The fourth-order valence-corrected chi connectivity index (χ4v) is 1.32. The zero-order valence-electron chi connectivity index (χ0n) is 6.79. The van der Waals surface area contributed by atoms with Crippen LogP contribution in [0.1, 0.15) is 6.92 Å². The van der Waals surface area contributed by atoms with Crippen LogP contribution in [0.15, 0.2) is 0 Å². The van der Waals surface area contributed by atoms with Crippen molar-refractivity contribution in [2.75, 3.05) is 20.8 Å². The monoisotopic (exact) mass is 181 g/mol. The van der Waals surface area contributed by atoms with Gasteiger partial charge in [0, 0.05) is 20.8 Å². The van der Waals surface area contributed by atoms with E-state index in [1.165, 1.54) is 14.2 Å². The summed E-state index contributed by atoms with van der Waals surface area (Å²) in [7, 11) is -1.21. The normalized spacial score (nSPS) is 11.2. The van der Waals surface area contributed by atoms with Crippen LogP contribution in [0.5, 0.6) is 0 Å². The standard InChI is InChI=1S/C5H12NO4P/c1-4-6-5(7)11(8,9-2)10-3/h4H2,1-3H3,(H,6,7). The summed E-state index contributed by atoms with van der Waals surface area (Å²) in [6.07, 6.45) is 0. The highest BCUT2D eigenvalue weighted by Crippen LogP contribution is 2.46. The van der Waals surface area contributed by atoms with Crippen LogP contribution < -0.4 is 5.32 Å². The predicted octanol–water partition coefficient (Wildman–Crippen LogP) is 1.20. The third-order valence-corrected chi connectivity index (χ3v) is 2.67. The van der Waals surface area contributed by atoms with Gasteiger partial charge in [-0.05, 0) is 6.92 Å². The highest BCUT2D eigenvalue weighted by atomic mass is 31.2. The molecule has 1 N–H and O–H groups in total. The van der Waals surface area contributed by atoms with Crippen LogP contribution in [-0.4, -0.2) is 26.4 Å². The Labute approximate surface area is 65.6 Å². The van der Waals surface area contributed by atoms with E-state index in [1.807, 2.05) is 0 Å². The molecular formula is C5H12NO4P. The number of nitrogens with one attached hydrogen (secondary N) is 1. The Morgan fingerprint density at radius 2 is 1.91 bits per heavy atom. The van der Waals surface area contributed by atoms with Gasteiger partial charge in [0.1, 0.15) is 0 Å². The minimum atomic E-state index is -3.54. The average molecular weight is 181 g/mol. The number of hydrogen-bond acceptors (Lipinski definition) is 4. The Hall–Kier alpha value is -0.380. The lowest BCUT2D eigenvalue weighted by Crippen LogP contribution is -2.22. The first-order chi connectivity index (χ1) is 5.10. The lowest BCUT2D eigenvalue weighted by atomic mass is 10.8. The topological polar surface area (TPSA) is 64.6 Å². The van der Waals surface area contributed by atoms with Gasteiger partial charge in [0.2, 0.25) is 0 Å². The molecule has 5 nitrogen and oxygen atoms in total. The van der Waals surface area contributed by atoms with Crippen molar-refractivity contribution < 1.29 is 18.4 Å². The van der Waals surface area contributed by atoms with Gasteiger partial charge in [-0.3, -0.25) is 4.79 Å². The van der Waals surface area contributed by atoms with E-state index < -0.39 is 13.2 Å². The fourth-order valence-electron chi connectivity index (χ4n) is 0.488. The van der Waals surface area contributed by atoms with Crippen molar-refractivity contribution in [2.45, 2.75) is 6.92 Å². The van der Waals surface area contributed by atoms with Gasteiger partial charge in [-0.2, -0.15) is 0 Å². The first kappa shape index (κ1) is 10.6. The lowest BCUT2D eigenvalue weighted by molar-refractivity contribution is 0.234. The third kappa shape index (κ3) is 2.61. The maximum absolute atomic E-state index is 11.2. The van der Waals surface area contributed by atoms with E-state index in [0.717, 1.165) is 0 Å².